The Morgan fingerprint density at radius 1 is 1.29 bits per heavy atom. The maximum absolute atomic E-state index is 6.31. The minimum atomic E-state index is -0.340. The lowest BCUT2D eigenvalue weighted by Crippen LogP contribution is -2.43. The predicted molar refractivity (Wildman–Crippen MR) is 96.0 cm³/mol. The number of hydrogen-bond donors (Lipinski definition) is 2. The van der Waals surface area contributed by atoms with Crippen LogP contribution in [0.4, 0.5) is 5.82 Å². The molecule has 2 aromatic rings. The molecule has 1 aliphatic rings. The highest BCUT2D eigenvalue weighted by atomic mass is 16.5. The molecule has 128 valence electrons. The van der Waals surface area contributed by atoms with Crippen LogP contribution in [0.2, 0.25) is 0 Å². The molecule has 0 radical (unpaired) electrons. The van der Waals surface area contributed by atoms with Crippen molar-refractivity contribution in [2.75, 3.05) is 12.3 Å². The van der Waals surface area contributed by atoms with E-state index < -0.39 is 0 Å². The minimum absolute atomic E-state index is 0.340. The van der Waals surface area contributed by atoms with Crippen molar-refractivity contribution in [1.29, 1.82) is 0 Å². The first-order chi connectivity index (χ1) is 11.4. The number of ether oxygens (including phenoxy) is 2. The molecule has 5 heteroatoms. The van der Waals surface area contributed by atoms with Crippen LogP contribution < -0.4 is 20.9 Å². The number of anilines is 1. The number of fused-ring (bicyclic) bond motifs is 3. The second-order valence-electron chi connectivity index (χ2n) is 7.22. The van der Waals surface area contributed by atoms with E-state index in [9.17, 15) is 0 Å². The van der Waals surface area contributed by atoms with Crippen molar-refractivity contribution in [3.8, 4) is 22.6 Å². The van der Waals surface area contributed by atoms with Gasteiger partial charge in [-0.3, -0.25) is 0 Å². The first-order valence-corrected chi connectivity index (χ1v) is 8.28. The van der Waals surface area contributed by atoms with Crippen molar-refractivity contribution in [1.82, 2.24) is 4.98 Å². The number of hydrogen-bond acceptors (Lipinski definition) is 5. The van der Waals surface area contributed by atoms with Crippen LogP contribution >= 0.6 is 0 Å². The molecule has 2 heterocycles. The summed E-state index contributed by atoms with van der Waals surface area (Å²) in [6.45, 7) is 7.30. The van der Waals surface area contributed by atoms with Crippen molar-refractivity contribution in [3.63, 3.8) is 0 Å². The van der Waals surface area contributed by atoms with Crippen molar-refractivity contribution in [2.24, 2.45) is 11.7 Å². The Morgan fingerprint density at radius 3 is 2.83 bits per heavy atom. The van der Waals surface area contributed by atoms with Crippen LogP contribution in [0.25, 0.3) is 11.1 Å². The van der Waals surface area contributed by atoms with E-state index in [0.29, 0.717) is 30.7 Å². The van der Waals surface area contributed by atoms with Crippen LogP contribution in [0, 0.1) is 5.92 Å². The smallest absolute Gasteiger partial charge is 0.169 e. The molecule has 4 N–H and O–H groups in total. The second kappa shape index (κ2) is 6.32. The van der Waals surface area contributed by atoms with Crippen LogP contribution in [0.1, 0.15) is 32.8 Å². The monoisotopic (exact) mass is 327 g/mol. The molecular formula is C19H25N3O2. The van der Waals surface area contributed by atoms with E-state index in [4.69, 9.17) is 20.9 Å². The number of benzene rings is 1. The van der Waals surface area contributed by atoms with Gasteiger partial charge in [0.2, 0.25) is 0 Å². The van der Waals surface area contributed by atoms with Gasteiger partial charge in [0.15, 0.2) is 11.6 Å². The van der Waals surface area contributed by atoms with Gasteiger partial charge in [-0.2, -0.15) is 0 Å². The van der Waals surface area contributed by atoms with E-state index >= 15 is 0 Å². The average molecular weight is 327 g/mol. The lowest BCUT2D eigenvalue weighted by molar-refractivity contribution is 0.206. The van der Waals surface area contributed by atoms with Crippen LogP contribution in [0.5, 0.6) is 11.5 Å². The number of rotatable bonds is 5. The molecule has 1 aliphatic heterocycles. The minimum Gasteiger partial charge on any atom is -0.492 e. The molecule has 0 aliphatic carbocycles. The van der Waals surface area contributed by atoms with Crippen molar-refractivity contribution in [3.05, 3.63) is 36.0 Å². The van der Waals surface area contributed by atoms with Gasteiger partial charge < -0.3 is 20.9 Å². The molecule has 0 saturated carbocycles. The standard InChI is InChI=1S/C19H25N3O2/c1-12(2)9-19(3,21)11-24-14-4-5-15-13(8-14)10-23-17-16(15)6-7-22-18(17)20/h4-8,12H,9-11,21H2,1-3H3,(H2,20,22). The Bertz CT molecular complexity index is 741. The third kappa shape index (κ3) is 3.46. The van der Waals surface area contributed by atoms with Gasteiger partial charge in [-0.25, -0.2) is 4.98 Å². The largest absolute Gasteiger partial charge is 0.492 e. The van der Waals surface area contributed by atoms with E-state index in [1.54, 1.807) is 6.20 Å². The summed E-state index contributed by atoms with van der Waals surface area (Å²) in [5.74, 6) is 2.43. The maximum Gasteiger partial charge on any atom is 0.169 e. The third-order valence-electron chi connectivity index (χ3n) is 4.11. The lowest BCUT2D eigenvalue weighted by atomic mass is 9.93. The topological polar surface area (TPSA) is 83.4 Å². The van der Waals surface area contributed by atoms with Gasteiger partial charge in [0.1, 0.15) is 19.0 Å². The highest BCUT2D eigenvalue weighted by Crippen LogP contribution is 2.41. The number of aromatic nitrogens is 1. The molecule has 1 aromatic heterocycles. The Hall–Kier alpha value is -2.27. The quantitative estimate of drug-likeness (QED) is 0.879. The molecule has 0 bridgehead atoms. The molecule has 0 fully saturated rings. The summed E-state index contributed by atoms with van der Waals surface area (Å²) >= 11 is 0. The fraction of sp³-hybridized carbons (Fsp3) is 0.421. The average Bonchev–Trinajstić information content (AvgIpc) is 2.51. The van der Waals surface area contributed by atoms with Crippen molar-refractivity contribution >= 4 is 5.82 Å². The Morgan fingerprint density at radius 2 is 2.08 bits per heavy atom. The number of pyridine rings is 1. The van der Waals surface area contributed by atoms with Gasteiger partial charge in [-0.15, -0.1) is 0 Å². The number of nitrogen functional groups attached to an aromatic ring is 1. The van der Waals surface area contributed by atoms with E-state index in [0.717, 1.165) is 28.9 Å². The van der Waals surface area contributed by atoms with Crippen LogP contribution in [0.3, 0.4) is 0 Å². The SMILES string of the molecule is CC(C)CC(C)(N)COc1ccc2c(c1)COc1c-2ccnc1N. The van der Waals surface area contributed by atoms with Gasteiger partial charge in [0.05, 0.1) is 0 Å². The first kappa shape index (κ1) is 16.6. The fourth-order valence-electron chi connectivity index (χ4n) is 3.26. The Labute approximate surface area is 143 Å². The van der Waals surface area contributed by atoms with Gasteiger partial charge in [-0.1, -0.05) is 19.9 Å². The Kier molecular flexibility index (Phi) is 4.37. The van der Waals surface area contributed by atoms with Gasteiger partial charge >= 0.3 is 0 Å². The molecule has 1 unspecified atom stereocenters. The second-order valence-corrected chi connectivity index (χ2v) is 7.22. The summed E-state index contributed by atoms with van der Waals surface area (Å²) in [6.07, 6.45) is 2.61. The summed E-state index contributed by atoms with van der Waals surface area (Å²) in [5.41, 5.74) is 15.0. The normalized spacial score (nSPS) is 15.2. The molecule has 1 atom stereocenters. The third-order valence-corrected chi connectivity index (χ3v) is 4.11. The first-order valence-electron chi connectivity index (χ1n) is 8.28. The Balaban J connectivity index is 1.79. The number of nitrogens with zero attached hydrogens (tertiary/aromatic N) is 1. The van der Waals surface area contributed by atoms with Crippen LogP contribution in [0.15, 0.2) is 30.5 Å². The van der Waals surface area contributed by atoms with E-state index in [1.165, 1.54) is 0 Å². The van der Waals surface area contributed by atoms with Gasteiger partial charge in [0, 0.05) is 22.9 Å². The van der Waals surface area contributed by atoms with Crippen LogP contribution in [-0.2, 0) is 6.61 Å². The predicted octanol–water partition coefficient (Wildman–Crippen LogP) is 3.37. The summed E-state index contributed by atoms with van der Waals surface area (Å²) < 4.78 is 11.7. The van der Waals surface area contributed by atoms with Gasteiger partial charge in [-0.05, 0) is 43.0 Å². The zero-order valence-electron chi connectivity index (χ0n) is 14.5. The van der Waals surface area contributed by atoms with Crippen molar-refractivity contribution in [2.45, 2.75) is 39.3 Å². The molecular weight excluding hydrogens is 302 g/mol. The zero-order valence-corrected chi connectivity index (χ0v) is 14.5. The van der Waals surface area contributed by atoms with E-state index in [-0.39, 0.29) is 5.54 Å². The molecule has 0 amide bonds. The highest BCUT2D eigenvalue weighted by molar-refractivity contribution is 5.79. The molecule has 0 saturated heterocycles. The summed E-state index contributed by atoms with van der Waals surface area (Å²) in [6, 6.07) is 7.95. The molecule has 24 heavy (non-hydrogen) atoms. The molecule has 1 aromatic carbocycles. The number of nitrogens with two attached hydrogens (primary N) is 2. The van der Waals surface area contributed by atoms with Crippen molar-refractivity contribution < 1.29 is 9.47 Å². The highest BCUT2D eigenvalue weighted by Gasteiger charge is 2.23. The zero-order chi connectivity index (χ0) is 17.3. The maximum atomic E-state index is 6.31. The molecule has 3 rings (SSSR count). The van der Waals surface area contributed by atoms with Crippen LogP contribution in [-0.4, -0.2) is 17.1 Å². The summed E-state index contributed by atoms with van der Waals surface area (Å²) in [5, 5.41) is 0. The lowest BCUT2D eigenvalue weighted by Gasteiger charge is -2.27. The van der Waals surface area contributed by atoms with E-state index in [2.05, 4.69) is 18.8 Å². The molecule has 5 nitrogen and oxygen atoms in total. The summed E-state index contributed by atoms with van der Waals surface area (Å²) in [4.78, 5) is 4.08. The van der Waals surface area contributed by atoms with E-state index in [1.807, 2.05) is 31.2 Å². The molecule has 0 spiro atoms. The van der Waals surface area contributed by atoms with Gasteiger partial charge in [0.25, 0.3) is 0 Å². The fourth-order valence-corrected chi connectivity index (χ4v) is 3.26. The summed E-state index contributed by atoms with van der Waals surface area (Å²) in [7, 11) is 0.